The molecule has 0 aliphatic rings. The number of carbonyl (C=O) groups excluding carboxylic acids is 2. The zero-order valence-corrected chi connectivity index (χ0v) is 7.35. The molecule has 0 heterocycles. The second-order valence-corrected chi connectivity index (χ2v) is 2.44. The van der Waals surface area contributed by atoms with Crippen molar-refractivity contribution in [2.24, 2.45) is 0 Å². The molecule has 0 bridgehead atoms. The van der Waals surface area contributed by atoms with Gasteiger partial charge in [0.05, 0.1) is 6.61 Å². The number of carbonyl (C=O) groups is 3. The Morgan fingerprint density at radius 2 is 1.62 bits per heavy atom. The summed E-state index contributed by atoms with van der Waals surface area (Å²) in [6, 6.07) is -1.49. The molecule has 0 aromatic heterocycles. The molecule has 0 saturated heterocycles. The van der Waals surface area contributed by atoms with Crippen LogP contribution in [0.5, 0.6) is 0 Å². The largest absolute Gasteiger partial charge is 0.480 e. The van der Waals surface area contributed by atoms with E-state index in [1.54, 1.807) is 0 Å². The van der Waals surface area contributed by atoms with Crippen molar-refractivity contribution in [2.45, 2.75) is 19.9 Å². The summed E-state index contributed by atoms with van der Waals surface area (Å²) >= 11 is 0. The maximum Gasteiger partial charge on any atom is 0.329 e. The number of carboxylic acids is 1. The Kier molecular flexibility index (Phi) is 4.06. The Morgan fingerprint density at radius 1 is 1.23 bits per heavy atom. The smallest absolute Gasteiger partial charge is 0.329 e. The summed E-state index contributed by atoms with van der Waals surface area (Å²) in [6.07, 6.45) is 0. The highest BCUT2D eigenvalue weighted by Crippen LogP contribution is 2.00. The van der Waals surface area contributed by atoms with Crippen molar-refractivity contribution in [1.82, 2.24) is 4.90 Å². The van der Waals surface area contributed by atoms with E-state index in [1.807, 2.05) is 0 Å². The zero-order valence-electron chi connectivity index (χ0n) is 7.35. The van der Waals surface area contributed by atoms with Crippen LogP contribution in [0, 0.1) is 0 Å². The van der Waals surface area contributed by atoms with Crippen LogP contribution in [-0.4, -0.2) is 45.5 Å². The van der Waals surface area contributed by atoms with Crippen molar-refractivity contribution >= 4 is 17.8 Å². The Morgan fingerprint density at radius 3 is 1.69 bits per heavy atom. The number of aliphatic carboxylic acids is 1. The van der Waals surface area contributed by atoms with Crippen LogP contribution in [0.2, 0.25) is 0 Å². The molecule has 0 radical (unpaired) electrons. The first-order valence-corrected chi connectivity index (χ1v) is 3.55. The first kappa shape index (κ1) is 11.6. The zero-order chi connectivity index (χ0) is 10.6. The third-order valence-corrected chi connectivity index (χ3v) is 1.45. The highest BCUT2D eigenvalue weighted by Gasteiger charge is 2.29. The van der Waals surface area contributed by atoms with Crippen LogP contribution in [0.3, 0.4) is 0 Å². The summed E-state index contributed by atoms with van der Waals surface area (Å²) in [5, 5.41) is 17.2. The van der Waals surface area contributed by atoms with Crippen molar-refractivity contribution in [2.75, 3.05) is 6.61 Å². The minimum atomic E-state index is -1.49. The molecule has 74 valence electrons. The molecule has 6 nitrogen and oxygen atoms in total. The fourth-order valence-electron chi connectivity index (χ4n) is 0.931. The first-order chi connectivity index (χ1) is 5.91. The molecule has 0 aromatic rings. The molecule has 0 saturated carbocycles. The molecular weight excluding hydrogens is 178 g/mol. The van der Waals surface area contributed by atoms with Crippen LogP contribution in [-0.2, 0) is 14.4 Å². The molecule has 1 atom stereocenters. The highest BCUT2D eigenvalue weighted by molar-refractivity contribution is 5.97. The highest BCUT2D eigenvalue weighted by atomic mass is 16.4. The van der Waals surface area contributed by atoms with Gasteiger partial charge >= 0.3 is 5.97 Å². The van der Waals surface area contributed by atoms with Crippen LogP contribution in [0.1, 0.15) is 13.8 Å². The molecule has 0 aliphatic heterocycles. The summed E-state index contributed by atoms with van der Waals surface area (Å²) in [4.78, 5) is 32.6. The summed E-state index contributed by atoms with van der Waals surface area (Å²) in [5.74, 6) is -2.81. The molecule has 2 amide bonds. The Balaban J connectivity index is 4.80. The van der Waals surface area contributed by atoms with Crippen molar-refractivity contribution in [1.29, 1.82) is 0 Å². The predicted molar refractivity (Wildman–Crippen MR) is 41.7 cm³/mol. The number of carboxylic acid groups (broad SMARTS) is 1. The van der Waals surface area contributed by atoms with Gasteiger partial charge < -0.3 is 10.2 Å². The molecule has 0 spiro atoms. The van der Waals surface area contributed by atoms with E-state index < -0.39 is 30.4 Å². The van der Waals surface area contributed by atoms with Gasteiger partial charge in [0, 0.05) is 13.8 Å². The summed E-state index contributed by atoms with van der Waals surface area (Å²) < 4.78 is 0. The lowest BCUT2D eigenvalue weighted by Gasteiger charge is -2.22. The molecule has 2 N–H and O–H groups in total. The summed E-state index contributed by atoms with van der Waals surface area (Å²) in [6.45, 7) is 1.34. The first-order valence-electron chi connectivity index (χ1n) is 3.55. The van der Waals surface area contributed by atoms with Gasteiger partial charge in [-0.1, -0.05) is 0 Å². The lowest BCUT2D eigenvalue weighted by Crippen LogP contribution is -2.48. The van der Waals surface area contributed by atoms with Gasteiger partial charge in [0.25, 0.3) is 0 Å². The monoisotopic (exact) mass is 189 g/mol. The number of aliphatic hydroxyl groups is 1. The van der Waals surface area contributed by atoms with Crippen LogP contribution in [0.25, 0.3) is 0 Å². The molecule has 0 aromatic carbocycles. The Labute approximate surface area is 74.8 Å². The number of amides is 2. The van der Waals surface area contributed by atoms with E-state index in [0.717, 1.165) is 13.8 Å². The quantitative estimate of drug-likeness (QED) is 0.583. The fourth-order valence-corrected chi connectivity index (χ4v) is 0.931. The van der Waals surface area contributed by atoms with Gasteiger partial charge in [-0.3, -0.25) is 14.5 Å². The van der Waals surface area contributed by atoms with E-state index in [-0.39, 0.29) is 0 Å². The molecule has 0 fully saturated rings. The SMILES string of the molecule is CC(=O)N(C(C)=O)[C@@H](CO)C(=O)O. The van der Waals surface area contributed by atoms with Gasteiger partial charge in [0.15, 0.2) is 6.04 Å². The van der Waals surface area contributed by atoms with Gasteiger partial charge in [-0.25, -0.2) is 4.79 Å². The third kappa shape index (κ3) is 2.83. The molecule has 0 aliphatic carbocycles. The summed E-state index contributed by atoms with van der Waals surface area (Å²) in [7, 11) is 0. The summed E-state index contributed by atoms with van der Waals surface area (Å²) in [5.41, 5.74) is 0. The minimum Gasteiger partial charge on any atom is -0.480 e. The van der Waals surface area contributed by atoms with E-state index in [0.29, 0.717) is 4.90 Å². The maximum absolute atomic E-state index is 10.8. The molecule has 6 heteroatoms. The van der Waals surface area contributed by atoms with Crippen LogP contribution >= 0.6 is 0 Å². The molecular formula is C7H11NO5. The number of rotatable bonds is 3. The molecule has 13 heavy (non-hydrogen) atoms. The van der Waals surface area contributed by atoms with Crippen molar-refractivity contribution < 1.29 is 24.6 Å². The van der Waals surface area contributed by atoms with E-state index in [2.05, 4.69) is 0 Å². The number of aliphatic hydroxyl groups excluding tert-OH is 1. The van der Waals surface area contributed by atoms with E-state index in [9.17, 15) is 14.4 Å². The average Bonchev–Trinajstić information content (AvgIpc) is 1.97. The van der Waals surface area contributed by atoms with Gasteiger partial charge in [-0.05, 0) is 0 Å². The van der Waals surface area contributed by atoms with Crippen molar-refractivity contribution in [3.05, 3.63) is 0 Å². The molecule has 0 unspecified atom stereocenters. The van der Waals surface area contributed by atoms with Crippen LogP contribution in [0.15, 0.2) is 0 Å². The van der Waals surface area contributed by atoms with Crippen LogP contribution in [0.4, 0.5) is 0 Å². The van der Waals surface area contributed by atoms with Gasteiger partial charge in [0.2, 0.25) is 11.8 Å². The van der Waals surface area contributed by atoms with Gasteiger partial charge in [-0.15, -0.1) is 0 Å². The lowest BCUT2D eigenvalue weighted by atomic mass is 10.2. The Hall–Kier alpha value is -1.43. The normalized spacial score (nSPS) is 11.9. The van der Waals surface area contributed by atoms with E-state index in [4.69, 9.17) is 10.2 Å². The number of hydrogen-bond acceptors (Lipinski definition) is 4. The van der Waals surface area contributed by atoms with Gasteiger partial charge in [0.1, 0.15) is 0 Å². The fraction of sp³-hybridized carbons (Fsp3) is 0.571. The topological polar surface area (TPSA) is 94.9 Å². The second-order valence-electron chi connectivity index (χ2n) is 2.44. The predicted octanol–water partition coefficient (Wildman–Crippen LogP) is -1.17. The molecule has 0 rings (SSSR count). The Bertz CT molecular complexity index is 223. The maximum atomic E-state index is 10.8. The van der Waals surface area contributed by atoms with Crippen LogP contribution < -0.4 is 0 Å². The third-order valence-electron chi connectivity index (χ3n) is 1.45. The van der Waals surface area contributed by atoms with Crippen molar-refractivity contribution in [3.8, 4) is 0 Å². The second kappa shape index (κ2) is 4.56. The number of hydrogen-bond donors (Lipinski definition) is 2. The van der Waals surface area contributed by atoms with E-state index >= 15 is 0 Å². The minimum absolute atomic E-state index is 0.502. The van der Waals surface area contributed by atoms with E-state index in [1.165, 1.54) is 0 Å². The average molecular weight is 189 g/mol. The number of imide groups is 1. The standard InChI is InChI=1S/C7H11NO5/c1-4(10)8(5(2)11)6(3-9)7(12)13/h6,9H,3H2,1-2H3,(H,12,13)/t6-/m0/s1. The van der Waals surface area contributed by atoms with Crippen molar-refractivity contribution in [3.63, 3.8) is 0 Å². The number of nitrogens with zero attached hydrogens (tertiary/aromatic N) is 1. The van der Waals surface area contributed by atoms with Gasteiger partial charge in [-0.2, -0.15) is 0 Å². The lowest BCUT2D eigenvalue weighted by molar-refractivity contribution is -0.158.